The highest BCUT2D eigenvalue weighted by Gasteiger charge is 2.26. The predicted molar refractivity (Wildman–Crippen MR) is 138 cm³/mol. The number of para-hydroxylation sites is 1. The van der Waals surface area contributed by atoms with Crippen LogP contribution in [0, 0.1) is 0 Å². The Morgan fingerprint density at radius 2 is 1.76 bits per heavy atom. The third kappa shape index (κ3) is 5.13. The molecule has 2 N–H and O–H groups in total. The normalized spacial score (nSPS) is 13.0. The van der Waals surface area contributed by atoms with E-state index in [1.807, 2.05) is 54.6 Å². The smallest absolute Gasteiger partial charge is 0.254 e. The highest BCUT2D eigenvalue weighted by molar-refractivity contribution is 8.01. The molecule has 5 rings (SSSR count). The van der Waals surface area contributed by atoms with E-state index in [2.05, 4.69) is 15.6 Å². The van der Waals surface area contributed by atoms with Crippen molar-refractivity contribution in [2.75, 3.05) is 11.1 Å². The highest BCUT2D eigenvalue weighted by Crippen LogP contribution is 2.38. The average molecular weight is 494 g/mol. The second-order valence-electron chi connectivity index (χ2n) is 7.87. The summed E-state index contributed by atoms with van der Waals surface area (Å²) in [7, 11) is 0. The molecule has 2 heterocycles. The molecule has 2 amide bonds. The van der Waals surface area contributed by atoms with Gasteiger partial charge in [-0.25, -0.2) is 4.98 Å². The highest BCUT2D eigenvalue weighted by atomic mass is 32.2. The van der Waals surface area contributed by atoms with Crippen molar-refractivity contribution < 1.29 is 9.59 Å². The van der Waals surface area contributed by atoms with Gasteiger partial charge in [-0.05, 0) is 48.9 Å². The maximum atomic E-state index is 13.2. The standard InChI is InChI=1S/C25H23N3O2S3/c29-21(15-31-25-27-18-11-5-7-13-20(18)33-25)28-24-22(17-10-4-6-12-19(17)32-24)23(30)26-14-16-8-2-1-3-9-16/h1-3,5,7-9,11,13H,4,6,10,12,14-15H2,(H,26,30)(H,28,29). The summed E-state index contributed by atoms with van der Waals surface area (Å²) in [5, 5.41) is 6.74. The van der Waals surface area contributed by atoms with E-state index in [-0.39, 0.29) is 17.6 Å². The Bertz CT molecular complexity index is 1260. The van der Waals surface area contributed by atoms with Crippen LogP contribution in [0.25, 0.3) is 10.2 Å². The van der Waals surface area contributed by atoms with Crippen LogP contribution in [-0.2, 0) is 24.2 Å². The minimum absolute atomic E-state index is 0.116. The number of hydrogen-bond donors (Lipinski definition) is 2. The van der Waals surface area contributed by atoms with Crippen molar-refractivity contribution in [3.63, 3.8) is 0 Å². The van der Waals surface area contributed by atoms with E-state index in [9.17, 15) is 9.59 Å². The van der Waals surface area contributed by atoms with Gasteiger partial charge < -0.3 is 10.6 Å². The topological polar surface area (TPSA) is 71.1 Å². The van der Waals surface area contributed by atoms with Crippen LogP contribution in [0.4, 0.5) is 5.00 Å². The van der Waals surface area contributed by atoms with Crippen molar-refractivity contribution in [3.05, 3.63) is 76.2 Å². The van der Waals surface area contributed by atoms with E-state index in [0.29, 0.717) is 17.1 Å². The van der Waals surface area contributed by atoms with Crippen LogP contribution in [0.2, 0.25) is 0 Å². The number of thiophene rings is 1. The van der Waals surface area contributed by atoms with Gasteiger partial charge in [0.2, 0.25) is 5.91 Å². The number of benzene rings is 2. The van der Waals surface area contributed by atoms with E-state index < -0.39 is 0 Å². The van der Waals surface area contributed by atoms with Crippen LogP contribution in [0.1, 0.15) is 39.2 Å². The molecule has 0 spiro atoms. The monoisotopic (exact) mass is 493 g/mol. The molecule has 0 saturated heterocycles. The van der Waals surface area contributed by atoms with Crippen molar-refractivity contribution in [2.24, 2.45) is 0 Å². The lowest BCUT2D eigenvalue weighted by Crippen LogP contribution is -2.25. The number of amides is 2. The van der Waals surface area contributed by atoms with Crippen LogP contribution in [0.3, 0.4) is 0 Å². The average Bonchev–Trinajstić information content (AvgIpc) is 3.42. The fraction of sp³-hybridized carbons (Fsp3) is 0.240. The van der Waals surface area contributed by atoms with Crippen LogP contribution in [-0.4, -0.2) is 22.6 Å². The van der Waals surface area contributed by atoms with Gasteiger partial charge in [0.05, 0.1) is 21.5 Å². The molecule has 0 fully saturated rings. The first-order valence-electron chi connectivity index (χ1n) is 10.9. The van der Waals surface area contributed by atoms with Crippen molar-refractivity contribution in [1.82, 2.24) is 10.3 Å². The molecule has 33 heavy (non-hydrogen) atoms. The molecule has 0 aliphatic heterocycles. The van der Waals surface area contributed by atoms with Gasteiger partial charge in [0.1, 0.15) is 5.00 Å². The molecular formula is C25H23N3O2S3. The first-order chi connectivity index (χ1) is 16.2. The van der Waals surface area contributed by atoms with Crippen LogP contribution < -0.4 is 10.6 Å². The number of carbonyl (C=O) groups excluding carboxylic acids is 2. The number of nitrogens with one attached hydrogen (secondary N) is 2. The Labute approximate surface area is 204 Å². The number of aromatic nitrogens is 1. The quantitative estimate of drug-likeness (QED) is 0.315. The van der Waals surface area contributed by atoms with E-state index in [1.165, 1.54) is 16.6 Å². The van der Waals surface area contributed by atoms with Crippen LogP contribution in [0.15, 0.2) is 58.9 Å². The molecule has 1 aliphatic carbocycles. The van der Waals surface area contributed by atoms with Gasteiger partial charge in [-0.15, -0.1) is 22.7 Å². The lowest BCUT2D eigenvalue weighted by molar-refractivity contribution is -0.113. The Hall–Kier alpha value is -2.68. The maximum absolute atomic E-state index is 13.2. The van der Waals surface area contributed by atoms with Crippen molar-refractivity contribution in [3.8, 4) is 0 Å². The molecule has 0 saturated carbocycles. The molecule has 168 valence electrons. The van der Waals surface area contributed by atoms with Crippen molar-refractivity contribution in [2.45, 2.75) is 36.6 Å². The number of carbonyl (C=O) groups is 2. The van der Waals surface area contributed by atoms with E-state index in [0.717, 1.165) is 51.4 Å². The van der Waals surface area contributed by atoms with Crippen molar-refractivity contribution in [1.29, 1.82) is 0 Å². The summed E-state index contributed by atoms with van der Waals surface area (Å²) in [4.78, 5) is 31.8. The Morgan fingerprint density at radius 3 is 2.61 bits per heavy atom. The maximum Gasteiger partial charge on any atom is 0.254 e. The molecule has 1 aliphatic rings. The third-order valence-electron chi connectivity index (χ3n) is 5.55. The molecule has 2 aromatic heterocycles. The molecule has 2 aromatic carbocycles. The summed E-state index contributed by atoms with van der Waals surface area (Å²) in [5.74, 6) is 0.0235. The number of nitrogens with zero attached hydrogens (tertiary/aromatic N) is 1. The number of hydrogen-bond acceptors (Lipinski definition) is 6. The molecule has 0 bridgehead atoms. The van der Waals surface area contributed by atoms with Crippen LogP contribution >= 0.6 is 34.4 Å². The summed E-state index contributed by atoms with van der Waals surface area (Å²) >= 11 is 4.57. The summed E-state index contributed by atoms with van der Waals surface area (Å²) in [6, 6.07) is 17.8. The van der Waals surface area contributed by atoms with Gasteiger partial charge in [0, 0.05) is 11.4 Å². The van der Waals surface area contributed by atoms with Gasteiger partial charge in [-0.1, -0.05) is 54.2 Å². The SMILES string of the molecule is O=C(CSc1nc2ccccc2s1)Nc1sc2c(c1C(=O)NCc1ccccc1)CCCC2. The zero-order valence-electron chi connectivity index (χ0n) is 17.9. The van der Waals surface area contributed by atoms with Gasteiger partial charge in [-0.3, -0.25) is 9.59 Å². The lowest BCUT2D eigenvalue weighted by atomic mass is 9.95. The first kappa shape index (κ1) is 22.1. The lowest BCUT2D eigenvalue weighted by Gasteiger charge is -2.13. The summed E-state index contributed by atoms with van der Waals surface area (Å²) in [6.45, 7) is 0.463. The molecule has 4 aromatic rings. The second kappa shape index (κ2) is 10.1. The van der Waals surface area contributed by atoms with Gasteiger partial charge in [0.25, 0.3) is 5.91 Å². The number of anilines is 1. The van der Waals surface area contributed by atoms with E-state index in [1.54, 1.807) is 22.7 Å². The third-order valence-corrected chi connectivity index (χ3v) is 8.93. The molecule has 0 atom stereocenters. The molecule has 0 unspecified atom stereocenters. The predicted octanol–water partition coefficient (Wildman–Crippen LogP) is 5.90. The summed E-state index contributed by atoms with van der Waals surface area (Å²) < 4.78 is 1.99. The molecular weight excluding hydrogens is 470 g/mol. The van der Waals surface area contributed by atoms with E-state index >= 15 is 0 Å². The number of rotatable bonds is 7. The number of thioether (sulfide) groups is 1. The zero-order valence-corrected chi connectivity index (χ0v) is 20.4. The number of fused-ring (bicyclic) bond motifs is 2. The van der Waals surface area contributed by atoms with Crippen LogP contribution in [0.5, 0.6) is 0 Å². The Balaban J connectivity index is 1.29. The minimum atomic E-state index is -0.118. The van der Waals surface area contributed by atoms with Gasteiger partial charge in [-0.2, -0.15) is 0 Å². The molecule has 0 radical (unpaired) electrons. The summed E-state index contributed by atoms with van der Waals surface area (Å²) in [5.41, 5.74) is 3.75. The number of thiazole rings is 1. The van der Waals surface area contributed by atoms with E-state index in [4.69, 9.17) is 0 Å². The van der Waals surface area contributed by atoms with Gasteiger partial charge >= 0.3 is 0 Å². The second-order valence-corrected chi connectivity index (χ2v) is 11.2. The summed E-state index contributed by atoms with van der Waals surface area (Å²) in [6.07, 6.45) is 4.05. The first-order valence-corrected chi connectivity index (χ1v) is 13.5. The molecule has 5 nitrogen and oxygen atoms in total. The Kier molecular flexibility index (Phi) is 6.75. The minimum Gasteiger partial charge on any atom is -0.348 e. The largest absolute Gasteiger partial charge is 0.348 e. The van der Waals surface area contributed by atoms with Crippen molar-refractivity contribution >= 4 is 61.5 Å². The fourth-order valence-corrected chi connectivity index (χ4v) is 7.13. The Morgan fingerprint density at radius 1 is 0.970 bits per heavy atom. The zero-order chi connectivity index (χ0) is 22.6. The fourth-order valence-electron chi connectivity index (χ4n) is 3.96. The molecule has 8 heteroatoms. The number of aryl methyl sites for hydroxylation is 1. The van der Waals surface area contributed by atoms with Gasteiger partial charge in [0.15, 0.2) is 4.34 Å².